The molecule has 5 nitrogen and oxygen atoms in total. The van der Waals surface area contributed by atoms with Crippen LogP contribution in [0.2, 0.25) is 0 Å². The number of ketones is 1. The molecule has 0 saturated carbocycles. The van der Waals surface area contributed by atoms with Crippen LogP contribution in [-0.2, 0) is 0 Å². The van der Waals surface area contributed by atoms with E-state index in [2.05, 4.69) is 10.1 Å². The van der Waals surface area contributed by atoms with E-state index in [0.717, 1.165) is 11.1 Å². The van der Waals surface area contributed by atoms with E-state index in [1.165, 1.54) is 11.0 Å². The van der Waals surface area contributed by atoms with Gasteiger partial charge in [0.25, 0.3) is 5.82 Å². The van der Waals surface area contributed by atoms with Gasteiger partial charge in [0, 0.05) is 5.56 Å². The average molecular weight is 254 g/mol. The van der Waals surface area contributed by atoms with Gasteiger partial charge >= 0.3 is 0 Å². The van der Waals surface area contributed by atoms with E-state index in [-0.39, 0.29) is 11.6 Å². The first-order chi connectivity index (χ1) is 9.02. The molecule has 1 aromatic heterocycles. The number of carbonyl (C=O) groups excluding carboxylic acids is 1. The van der Waals surface area contributed by atoms with Crippen LogP contribution in [0.5, 0.6) is 0 Å². The smallest absolute Gasteiger partial charge is 0.252 e. The van der Waals surface area contributed by atoms with E-state index in [1.807, 2.05) is 38.1 Å². The Balaban J connectivity index is 2.33. The Morgan fingerprint density at radius 3 is 2.79 bits per heavy atom. The van der Waals surface area contributed by atoms with Gasteiger partial charge in [-0.15, -0.1) is 5.10 Å². The number of hydrogen-bond acceptors (Lipinski definition) is 4. The van der Waals surface area contributed by atoms with Gasteiger partial charge in [-0.3, -0.25) is 4.79 Å². The molecule has 5 heteroatoms. The topological polar surface area (TPSA) is 71.6 Å². The predicted octanol–water partition coefficient (Wildman–Crippen LogP) is 2.21. The van der Waals surface area contributed by atoms with Crippen molar-refractivity contribution < 1.29 is 4.79 Å². The van der Waals surface area contributed by atoms with Crippen molar-refractivity contribution >= 4 is 5.78 Å². The van der Waals surface area contributed by atoms with Crippen LogP contribution in [-0.4, -0.2) is 20.5 Å². The van der Waals surface area contributed by atoms with E-state index in [0.29, 0.717) is 5.56 Å². The van der Waals surface area contributed by atoms with Crippen LogP contribution in [0, 0.1) is 25.2 Å². The van der Waals surface area contributed by atoms with Crippen LogP contribution in [0.3, 0.4) is 0 Å². The molecule has 0 aliphatic rings. The van der Waals surface area contributed by atoms with Crippen molar-refractivity contribution in [3.8, 4) is 6.07 Å². The minimum absolute atomic E-state index is 0.0319. The molecule has 1 heterocycles. The Hall–Kier alpha value is -2.48. The zero-order valence-electron chi connectivity index (χ0n) is 11.1. The summed E-state index contributed by atoms with van der Waals surface area (Å²) in [5.41, 5.74) is 2.65. The maximum atomic E-state index is 12.4. The van der Waals surface area contributed by atoms with Gasteiger partial charge in [0.15, 0.2) is 5.78 Å². The van der Waals surface area contributed by atoms with Crippen molar-refractivity contribution in [1.29, 1.82) is 5.26 Å². The zero-order valence-corrected chi connectivity index (χ0v) is 11.1. The molecule has 0 bridgehead atoms. The summed E-state index contributed by atoms with van der Waals surface area (Å²) >= 11 is 0. The van der Waals surface area contributed by atoms with E-state index in [1.54, 1.807) is 6.92 Å². The number of rotatable bonds is 3. The number of nitrogens with zero attached hydrogens (tertiary/aromatic N) is 4. The van der Waals surface area contributed by atoms with Crippen LogP contribution in [0.25, 0.3) is 0 Å². The SMILES string of the molecule is Cc1ccc(C)c(C(=O)C(C)n2cnc(C#N)n2)c1. The van der Waals surface area contributed by atoms with Crippen LogP contribution in [0.4, 0.5) is 0 Å². The van der Waals surface area contributed by atoms with Gasteiger partial charge < -0.3 is 0 Å². The molecule has 1 aromatic carbocycles. The van der Waals surface area contributed by atoms with Gasteiger partial charge in [0.05, 0.1) is 0 Å². The molecular formula is C14H14N4O. The van der Waals surface area contributed by atoms with E-state index in [9.17, 15) is 4.79 Å². The monoisotopic (exact) mass is 254 g/mol. The molecule has 1 atom stereocenters. The number of nitriles is 1. The fourth-order valence-corrected chi connectivity index (χ4v) is 1.86. The molecule has 0 radical (unpaired) electrons. The average Bonchev–Trinajstić information content (AvgIpc) is 2.88. The van der Waals surface area contributed by atoms with Crippen molar-refractivity contribution in [3.63, 3.8) is 0 Å². The fourth-order valence-electron chi connectivity index (χ4n) is 1.86. The van der Waals surface area contributed by atoms with E-state index < -0.39 is 6.04 Å². The molecule has 0 N–H and O–H groups in total. The summed E-state index contributed by atoms with van der Waals surface area (Å²) in [6.45, 7) is 5.60. The minimum atomic E-state index is -0.477. The molecule has 0 aliphatic carbocycles. The summed E-state index contributed by atoms with van der Waals surface area (Å²) in [6, 6.07) is 7.14. The van der Waals surface area contributed by atoms with Gasteiger partial charge in [0.2, 0.25) is 0 Å². The summed E-state index contributed by atoms with van der Waals surface area (Å²) in [6.07, 6.45) is 1.41. The molecule has 1 unspecified atom stereocenters. The molecule has 2 aromatic rings. The van der Waals surface area contributed by atoms with Gasteiger partial charge in [0.1, 0.15) is 18.4 Å². The first-order valence-corrected chi connectivity index (χ1v) is 5.95. The van der Waals surface area contributed by atoms with Crippen LogP contribution >= 0.6 is 0 Å². The van der Waals surface area contributed by atoms with E-state index >= 15 is 0 Å². The first kappa shape index (κ1) is 13.0. The lowest BCUT2D eigenvalue weighted by atomic mass is 9.98. The third kappa shape index (κ3) is 2.52. The Kier molecular flexibility index (Phi) is 3.43. The minimum Gasteiger partial charge on any atom is -0.292 e. The summed E-state index contributed by atoms with van der Waals surface area (Å²) in [4.78, 5) is 16.3. The summed E-state index contributed by atoms with van der Waals surface area (Å²) in [5.74, 6) is 0.0382. The van der Waals surface area contributed by atoms with Gasteiger partial charge in [-0.1, -0.05) is 17.7 Å². The summed E-state index contributed by atoms with van der Waals surface area (Å²) in [7, 11) is 0. The maximum Gasteiger partial charge on any atom is 0.252 e. The quantitative estimate of drug-likeness (QED) is 0.787. The molecule has 0 amide bonds. The second-order valence-electron chi connectivity index (χ2n) is 4.52. The normalized spacial score (nSPS) is 11.9. The molecule has 96 valence electrons. The molecule has 0 saturated heterocycles. The molecular weight excluding hydrogens is 240 g/mol. The molecule has 19 heavy (non-hydrogen) atoms. The lowest BCUT2D eigenvalue weighted by molar-refractivity contribution is 0.0927. The highest BCUT2D eigenvalue weighted by Crippen LogP contribution is 2.18. The Labute approximate surface area is 111 Å². The van der Waals surface area contributed by atoms with Crippen LogP contribution < -0.4 is 0 Å². The second-order valence-corrected chi connectivity index (χ2v) is 4.52. The number of aromatic nitrogens is 3. The molecule has 2 rings (SSSR count). The molecule has 0 aliphatic heterocycles. The summed E-state index contributed by atoms with van der Waals surface area (Å²) < 4.78 is 1.42. The number of Topliss-reactive ketones (excluding diaryl/α,β-unsaturated/α-hetero) is 1. The fraction of sp³-hybridized carbons (Fsp3) is 0.286. The Morgan fingerprint density at radius 2 is 2.16 bits per heavy atom. The van der Waals surface area contributed by atoms with Crippen molar-refractivity contribution in [2.45, 2.75) is 26.8 Å². The maximum absolute atomic E-state index is 12.4. The highest BCUT2D eigenvalue weighted by Gasteiger charge is 2.20. The Morgan fingerprint density at radius 1 is 1.42 bits per heavy atom. The van der Waals surface area contributed by atoms with Gasteiger partial charge in [-0.25, -0.2) is 9.67 Å². The van der Waals surface area contributed by atoms with Crippen LogP contribution in [0.15, 0.2) is 24.5 Å². The van der Waals surface area contributed by atoms with Crippen LogP contribution in [0.1, 0.15) is 40.3 Å². The third-order valence-electron chi connectivity index (χ3n) is 3.04. The van der Waals surface area contributed by atoms with E-state index in [4.69, 9.17) is 5.26 Å². The largest absolute Gasteiger partial charge is 0.292 e. The zero-order chi connectivity index (χ0) is 14.0. The highest BCUT2D eigenvalue weighted by atomic mass is 16.1. The van der Waals surface area contributed by atoms with Gasteiger partial charge in [-0.2, -0.15) is 5.26 Å². The third-order valence-corrected chi connectivity index (χ3v) is 3.04. The Bertz CT molecular complexity index is 666. The van der Waals surface area contributed by atoms with Crippen molar-refractivity contribution in [1.82, 2.24) is 14.8 Å². The second kappa shape index (κ2) is 5.02. The number of carbonyl (C=O) groups is 1. The first-order valence-electron chi connectivity index (χ1n) is 5.95. The molecule has 0 fully saturated rings. The number of hydrogen-bond donors (Lipinski definition) is 0. The number of aryl methyl sites for hydroxylation is 2. The lowest BCUT2D eigenvalue weighted by Gasteiger charge is -2.12. The van der Waals surface area contributed by atoms with Crippen molar-refractivity contribution in [2.75, 3.05) is 0 Å². The predicted molar refractivity (Wildman–Crippen MR) is 69.7 cm³/mol. The van der Waals surface area contributed by atoms with Gasteiger partial charge in [-0.05, 0) is 32.4 Å². The lowest BCUT2D eigenvalue weighted by Crippen LogP contribution is -2.18. The number of benzene rings is 1. The summed E-state index contributed by atoms with van der Waals surface area (Å²) in [5, 5.41) is 12.6. The van der Waals surface area contributed by atoms with Crippen molar-refractivity contribution in [2.24, 2.45) is 0 Å². The standard InChI is InChI=1S/C14H14N4O/c1-9-4-5-10(2)12(6-9)14(19)11(3)18-8-16-13(7-15)17-18/h4-6,8,11H,1-3H3. The van der Waals surface area contributed by atoms with Crippen molar-refractivity contribution in [3.05, 3.63) is 47.0 Å². The molecule has 0 spiro atoms. The highest BCUT2D eigenvalue weighted by molar-refractivity contribution is 6.00.